The standard InChI is InChI=1S/C17H21ClFN3O3/c18-13-4-3-11(10-14(13)19)22-9-6-15(16(22)24)20-17(25)21-7-1-2-12(23)5-8-21/h3-4,10,12,15,23H,1-2,5-9H2,(H,20,25). The van der Waals surface area contributed by atoms with Crippen LogP contribution in [0.5, 0.6) is 0 Å². The minimum atomic E-state index is -0.626. The van der Waals surface area contributed by atoms with E-state index < -0.39 is 11.9 Å². The van der Waals surface area contributed by atoms with Gasteiger partial charge in [0.05, 0.1) is 11.1 Å². The summed E-state index contributed by atoms with van der Waals surface area (Å²) < 4.78 is 13.6. The molecule has 3 rings (SSSR count). The monoisotopic (exact) mass is 369 g/mol. The number of hydrogen-bond donors (Lipinski definition) is 2. The quantitative estimate of drug-likeness (QED) is 0.838. The summed E-state index contributed by atoms with van der Waals surface area (Å²) in [6, 6.07) is 3.30. The van der Waals surface area contributed by atoms with Crippen LogP contribution in [-0.4, -0.2) is 53.7 Å². The van der Waals surface area contributed by atoms with Crippen molar-refractivity contribution in [2.75, 3.05) is 24.5 Å². The third-order valence-corrected chi connectivity index (χ3v) is 5.01. The number of amides is 3. The average Bonchev–Trinajstić information content (AvgIpc) is 2.80. The fourth-order valence-corrected chi connectivity index (χ4v) is 3.36. The van der Waals surface area contributed by atoms with E-state index in [0.29, 0.717) is 44.6 Å². The summed E-state index contributed by atoms with van der Waals surface area (Å²) >= 11 is 5.67. The molecule has 1 aromatic carbocycles. The first-order valence-electron chi connectivity index (χ1n) is 8.45. The highest BCUT2D eigenvalue weighted by atomic mass is 35.5. The predicted molar refractivity (Wildman–Crippen MR) is 92.1 cm³/mol. The Kier molecular flexibility index (Phi) is 5.44. The van der Waals surface area contributed by atoms with Gasteiger partial charge < -0.3 is 20.2 Å². The Balaban J connectivity index is 1.61. The Morgan fingerprint density at radius 3 is 2.80 bits per heavy atom. The number of rotatable bonds is 2. The van der Waals surface area contributed by atoms with Gasteiger partial charge in [-0.3, -0.25) is 4.79 Å². The molecule has 6 nitrogen and oxygen atoms in total. The van der Waals surface area contributed by atoms with Gasteiger partial charge >= 0.3 is 6.03 Å². The number of urea groups is 1. The van der Waals surface area contributed by atoms with Crippen molar-refractivity contribution in [3.05, 3.63) is 29.0 Å². The van der Waals surface area contributed by atoms with Crippen molar-refractivity contribution >= 4 is 29.2 Å². The number of halogens is 2. The second kappa shape index (κ2) is 7.58. The lowest BCUT2D eigenvalue weighted by atomic mass is 10.2. The lowest BCUT2D eigenvalue weighted by Gasteiger charge is -2.23. The third-order valence-electron chi connectivity index (χ3n) is 4.70. The first-order valence-corrected chi connectivity index (χ1v) is 8.83. The van der Waals surface area contributed by atoms with Gasteiger partial charge in [-0.1, -0.05) is 11.6 Å². The molecular weight excluding hydrogens is 349 g/mol. The molecule has 2 fully saturated rings. The number of nitrogens with zero attached hydrogens (tertiary/aromatic N) is 2. The summed E-state index contributed by atoms with van der Waals surface area (Å²) in [6.07, 6.45) is 2.06. The number of aliphatic hydroxyl groups excluding tert-OH is 1. The molecule has 25 heavy (non-hydrogen) atoms. The van der Waals surface area contributed by atoms with Crippen molar-refractivity contribution in [2.45, 2.75) is 37.8 Å². The molecule has 2 aliphatic rings. The summed E-state index contributed by atoms with van der Waals surface area (Å²) in [5, 5.41) is 12.4. The van der Waals surface area contributed by atoms with E-state index in [4.69, 9.17) is 11.6 Å². The van der Waals surface area contributed by atoms with Crippen molar-refractivity contribution in [1.29, 1.82) is 0 Å². The number of carbonyl (C=O) groups is 2. The van der Waals surface area contributed by atoms with Gasteiger partial charge in [0, 0.05) is 25.3 Å². The van der Waals surface area contributed by atoms with Crippen molar-refractivity contribution < 1.29 is 19.1 Å². The summed E-state index contributed by atoms with van der Waals surface area (Å²) in [5.74, 6) is -0.840. The van der Waals surface area contributed by atoms with Crippen molar-refractivity contribution in [1.82, 2.24) is 10.2 Å². The average molecular weight is 370 g/mol. The fraction of sp³-hybridized carbons (Fsp3) is 0.529. The number of benzene rings is 1. The largest absolute Gasteiger partial charge is 0.393 e. The molecule has 0 bridgehead atoms. The molecule has 0 aliphatic carbocycles. The Bertz CT molecular complexity index is 673. The van der Waals surface area contributed by atoms with E-state index in [0.717, 1.165) is 6.42 Å². The van der Waals surface area contributed by atoms with Gasteiger partial charge in [-0.25, -0.2) is 9.18 Å². The fourth-order valence-electron chi connectivity index (χ4n) is 3.25. The van der Waals surface area contributed by atoms with Gasteiger partial charge in [0.15, 0.2) is 0 Å². The van der Waals surface area contributed by atoms with E-state index in [1.54, 1.807) is 11.0 Å². The lowest BCUT2D eigenvalue weighted by molar-refractivity contribution is -0.118. The van der Waals surface area contributed by atoms with E-state index in [2.05, 4.69) is 5.32 Å². The normalized spacial score (nSPS) is 24.4. The molecule has 2 unspecified atom stereocenters. The van der Waals surface area contributed by atoms with Gasteiger partial charge in [0.25, 0.3) is 0 Å². The molecule has 8 heteroatoms. The number of likely N-dealkylation sites (tertiary alicyclic amines) is 1. The molecule has 2 heterocycles. The molecule has 3 amide bonds. The van der Waals surface area contributed by atoms with Gasteiger partial charge in [-0.15, -0.1) is 0 Å². The van der Waals surface area contributed by atoms with Crippen molar-refractivity contribution in [3.8, 4) is 0 Å². The Hall–Kier alpha value is -1.86. The van der Waals surface area contributed by atoms with E-state index >= 15 is 0 Å². The smallest absolute Gasteiger partial charge is 0.318 e. The molecule has 0 saturated carbocycles. The summed E-state index contributed by atoms with van der Waals surface area (Å²) in [7, 11) is 0. The van der Waals surface area contributed by atoms with Crippen LogP contribution in [0.3, 0.4) is 0 Å². The Labute approximate surface area is 150 Å². The Morgan fingerprint density at radius 1 is 1.24 bits per heavy atom. The topological polar surface area (TPSA) is 72.9 Å². The van der Waals surface area contributed by atoms with Gasteiger partial charge in [-0.2, -0.15) is 0 Å². The van der Waals surface area contributed by atoms with Gasteiger partial charge in [0.1, 0.15) is 11.9 Å². The number of carbonyl (C=O) groups excluding carboxylic acids is 2. The summed E-state index contributed by atoms with van der Waals surface area (Å²) in [4.78, 5) is 28.0. The molecule has 2 aliphatic heterocycles. The highest BCUT2D eigenvalue weighted by Gasteiger charge is 2.35. The highest BCUT2D eigenvalue weighted by Crippen LogP contribution is 2.26. The summed E-state index contributed by atoms with van der Waals surface area (Å²) in [5.41, 5.74) is 0.432. The molecule has 136 valence electrons. The second-order valence-electron chi connectivity index (χ2n) is 6.45. The van der Waals surface area contributed by atoms with Crippen LogP contribution in [0.25, 0.3) is 0 Å². The van der Waals surface area contributed by atoms with Gasteiger partial charge in [-0.05, 0) is 43.9 Å². The maximum atomic E-state index is 13.6. The van der Waals surface area contributed by atoms with Crippen LogP contribution in [0.2, 0.25) is 5.02 Å². The minimum Gasteiger partial charge on any atom is -0.393 e. The first kappa shape index (κ1) is 17.9. The summed E-state index contributed by atoms with van der Waals surface area (Å²) in [6.45, 7) is 1.44. The van der Waals surface area contributed by atoms with Crippen LogP contribution in [0.1, 0.15) is 25.7 Å². The van der Waals surface area contributed by atoms with Crippen LogP contribution in [0.15, 0.2) is 18.2 Å². The van der Waals surface area contributed by atoms with Crippen molar-refractivity contribution in [2.24, 2.45) is 0 Å². The number of anilines is 1. The van der Waals surface area contributed by atoms with E-state index in [9.17, 15) is 19.1 Å². The van der Waals surface area contributed by atoms with Crippen molar-refractivity contribution in [3.63, 3.8) is 0 Å². The molecule has 2 N–H and O–H groups in total. The third kappa shape index (κ3) is 4.04. The first-order chi connectivity index (χ1) is 12.0. The van der Waals surface area contributed by atoms with Crippen LogP contribution < -0.4 is 10.2 Å². The molecule has 0 radical (unpaired) electrons. The second-order valence-corrected chi connectivity index (χ2v) is 6.86. The molecule has 0 spiro atoms. The maximum absolute atomic E-state index is 13.6. The number of aliphatic hydroxyl groups is 1. The molecule has 2 atom stereocenters. The SMILES string of the molecule is O=C(NC1CCN(c2ccc(Cl)c(F)c2)C1=O)N1CCCC(O)CC1. The van der Waals surface area contributed by atoms with Crippen LogP contribution in [0, 0.1) is 5.82 Å². The van der Waals surface area contributed by atoms with E-state index in [1.165, 1.54) is 17.0 Å². The van der Waals surface area contributed by atoms with Crippen LogP contribution in [0.4, 0.5) is 14.9 Å². The maximum Gasteiger partial charge on any atom is 0.318 e. The van der Waals surface area contributed by atoms with Crippen LogP contribution in [-0.2, 0) is 4.79 Å². The van der Waals surface area contributed by atoms with Gasteiger partial charge in [0.2, 0.25) is 5.91 Å². The van der Waals surface area contributed by atoms with E-state index in [-0.39, 0.29) is 23.1 Å². The zero-order chi connectivity index (χ0) is 18.0. The lowest BCUT2D eigenvalue weighted by Crippen LogP contribution is -2.48. The molecule has 1 aromatic rings. The zero-order valence-electron chi connectivity index (χ0n) is 13.8. The van der Waals surface area contributed by atoms with E-state index in [1.807, 2.05) is 0 Å². The highest BCUT2D eigenvalue weighted by molar-refractivity contribution is 6.30. The Morgan fingerprint density at radius 2 is 2.04 bits per heavy atom. The molecule has 0 aromatic heterocycles. The van der Waals surface area contributed by atoms with Crippen LogP contribution >= 0.6 is 11.6 Å². The number of hydrogen-bond acceptors (Lipinski definition) is 3. The number of nitrogens with one attached hydrogen (secondary N) is 1. The minimum absolute atomic E-state index is 0.00333. The molecule has 2 saturated heterocycles. The molecular formula is C17H21ClFN3O3. The zero-order valence-corrected chi connectivity index (χ0v) is 14.5. The predicted octanol–water partition coefficient (Wildman–Crippen LogP) is 2.14.